The van der Waals surface area contributed by atoms with Crippen molar-refractivity contribution in [2.24, 2.45) is 5.92 Å². The van der Waals surface area contributed by atoms with Crippen LogP contribution in [0, 0.1) is 5.92 Å². The molecule has 0 aromatic rings. The molecule has 0 amide bonds. The highest BCUT2D eigenvalue weighted by Gasteiger charge is 2.04. The van der Waals surface area contributed by atoms with Crippen molar-refractivity contribution >= 4 is 0 Å². The van der Waals surface area contributed by atoms with Gasteiger partial charge in [0.2, 0.25) is 0 Å². The van der Waals surface area contributed by atoms with Gasteiger partial charge in [-0.15, -0.1) is 0 Å². The second kappa shape index (κ2) is 24.2. The fourth-order valence-corrected chi connectivity index (χ4v) is 4.34. The molecule has 0 N–H and O–H groups in total. The van der Waals surface area contributed by atoms with Crippen LogP contribution in [0.3, 0.4) is 0 Å². The smallest absolute Gasteiger partial charge is 0.00187 e. The van der Waals surface area contributed by atoms with E-state index in [4.69, 9.17) is 0 Å². The van der Waals surface area contributed by atoms with Crippen LogP contribution >= 0.6 is 0 Å². The number of rotatable bonds is 24. The van der Waals surface area contributed by atoms with Crippen LogP contribution in [0.4, 0.5) is 0 Å². The topological polar surface area (TPSA) is 3.24 Å². The summed E-state index contributed by atoms with van der Waals surface area (Å²) < 4.78 is 0. The average Bonchev–Trinajstić information content (AvgIpc) is 2.70. The van der Waals surface area contributed by atoms with E-state index in [1.54, 1.807) is 0 Å². The Balaban J connectivity index is 3.37. The molecule has 0 aromatic heterocycles. The van der Waals surface area contributed by atoms with Gasteiger partial charge in [-0.2, -0.15) is 0 Å². The molecule has 0 aliphatic heterocycles. The second-order valence-corrected chi connectivity index (χ2v) is 10.0. The predicted octanol–water partition coefficient (Wildman–Crippen LogP) is 9.79. The number of hydrogen-bond acceptors (Lipinski definition) is 1. The first-order valence-electron chi connectivity index (χ1n) is 13.9. The highest BCUT2D eigenvalue weighted by atomic mass is 15.1. The minimum absolute atomic E-state index is 0.894. The molecule has 0 saturated carbocycles. The van der Waals surface area contributed by atoms with Crippen molar-refractivity contribution in [1.29, 1.82) is 0 Å². The monoisotopic (exact) mass is 409 g/mol. The Morgan fingerprint density at radius 2 is 0.724 bits per heavy atom. The van der Waals surface area contributed by atoms with Crippen LogP contribution in [0.25, 0.3) is 0 Å². The fraction of sp³-hybridized carbons (Fsp3) is 1.00. The summed E-state index contributed by atoms with van der Waals surface area (Å²) in [4.78, 5) is 2.76. The maximum absolute atomic E-state index is 2.76. The van der Waals surface area contributed by atoms with E-state index in [2.05, 4.69) is 32.6 Å². The van der Waals surface area contributed by atoms with Gasteiger partial charge in [0, 0.05) is 0 Å². The standard InChI is InChI=1S/C28H59N/c1-5-7-21-25-29(26-22-8-6-2)27-23-19-17-15-13-11-9-10-12-14-16-18-20-24-28(3)4/h28H,5-27H2,1-4H3. The SMILES string of the molecule is CCCCCN(CCCCC)CCCCCCCCCCCCCCCC(C)C. The molecule has 0 aliphatic carbocycles. The van der Waals surface area contributed by atoms with E-state index >= 15 is 0 Å². The second-order valence-electron chi connectivity index (χ2n) is 10.0. The van der Waals surface area contributed by atoms with Crippen molar-refractivity contribution in [3.05, 3.63) is 0 Å². The summed E-state index contributed by atoms with van der Waals surface area (Å²) in [6.07, 6.45) is 28.8. The molecule has 0 fully saturated rings. The molecule has 0 aromatic carbocycles. The van der Waals surface area contributed by atoms with E-state index in [1.807, 2.05) is 0 Å². The van der Waals surface area contributed by atoms with Crippen molar-refractivity contribution in [3.8, 4) is 0 Å². The molecule has 0 unspecified atom stereocenters. The van der Waals surface area contributed by atoms with Gasteiger partial charge >= 0.3 is 0 Å². The lowest BCUT2D eigenvalue weighted by Gasteiger charge is -2.22. The zero-order valence-electron chi connectivity index (χ0n) is 21.3. The summed E-state index contributed by atoms with van der Waals surface area (Å²) in [6, 6.07) is 0. The first kappa shape index (κ1) is 29.0. The van der Waals surface area contributed by atoms with E-state index in [-0.39, 0.29) is 0 Å². The Hall–Kier alpha value is -0.0400. The molecule has 0 aliphatic rings. The lowest BCUT2D eigenvalue weighted by molar-refractivity contribution is 0.255. The number of unbranched alkanes of at least 4 members (excludes halogenated alkanes) is 16. The van der Waals surface area contributed by atoms with Gasteiger partial charge in [-0.05, 0) is 44.8 Å². The molecule has 0 rings (SSSR count). The largest absolute Gasteiger partial charge is 0.303 e. The molecule has 176 valence electrons. The van der Waals surface area contributed by atoms with Gasteiger partial charge in [0.1, 0.15) is 0 Å². The van der Waals surface area contributed by atoms with Crippen LogP contribution in [0.5, 0.6) is 0 Å². The van der Waals surface area contributed by atoms with Gasteiger partial charge in [-0.1, -0.05) is 137 Å². The summed E-state index contributed by atoms with van der Waals surface area (Å²) >= 11 is 0. The summed E-state index contributed by atoms with van der Waals surface area (Å²) in [6.45, 7) is 13.4. The van der Waals surface area contributed by atoms with Crippen molar-refractivity contribution in [3.63, 3.8) is 0 Å². The third-order valence-electron chi connectivity index (χ3n) is 6.41. The summed E-state index contributed by atoms with van der Waals surface area (Å²) in [5.74, 6) is 0.894. The van der Waals surface area contributed by atoms with E-state index in [0.717, 1.165) is 5.92 Å². The molecule has 0 bridgehead atoms. The van der Waals surface area contributed by atoms with Crippen molar-refractivity contribution in [1.82, 2.24) is 4.90 Å². The fourth-order valence-electron chi connectivity index (χ4n) is 4.34. The molecular formula is C28H59N. The minimum Gasteiger partial charge on any atom is -0.303 e. The number of nitrogens with zero attached hydrogens (tertiary/aromatic N) is 1. The van der Waals surface area contributed by atoms with Crippen molar-refractivity contribution in [2.45, 2.75) is 156 Å². The Labute approximate surface area is 186 Å². The minimum atomic E-state index is 0.894. The zero-order chi connectivity index (χ0) is 21.4. The average molecular weight is 410 g/mol. The normalized spacial score (nSPS) is 11.8. The Bertz CT molecular complexity index is 276. The van der Waals surface area contributed by atoms with Crippen LogP contribution in [0.15, 0.2) is 0 Å². The van der Waals surface area contributed by atoms with Gasteiger partial charge in [0.25, 0.3) is 0 Å². The highest BCUT2D eigenvalue weighted by molar-refractivity contribution is 4.59. The lowest BCUT2D eigenvalue weighted by Crippen LogP contribution is -2.27. The maximum atomic E-state index is 2.76. The van der Waals surface area contributed by atoms with Crippen LogP contribution < -0.4 is 0 Å². The number of hydrogen-bond donors (Lipinski definition) is 0. The third-order valence-corrected chi connectivity index (χ3v) is 6.41. The summed E-state index contributed by atoms with van der Waals surface area (Å²) in [7, 11) is 0. The molecule has 0 radical (unpaired) electrons. The highest BCUT2D eigenvalue weighted by Crippen LogP contribution is 2.14. The van der Waals surface area contributed by atoms with Crippen molar-refractivity contribution < 1.29 is 0 Å². The summed E-state index contributed by atoms with van der Waals surface area (Å²) in [5.41, 5.74) is 0. The predicted molar refractivity (Wildman–Crippen MR) is 135 cm³/mol. The Kier molecular flexibility index (Phi) is 24.2. The van der Waals surface area contributed by atoms with Gasteiger partial charge < -0.3 is 4.90 Å². The van der Waals surface area contributed by atoms with Gasteiger partial charge in [0.15, 0.2) is 0 Å². The molecule has 0 spiro atoms. The van der Waals surface area contributed by atoms with Crippen LogP contribution in [0.2, 0.25) is 0 Å². The first-order chi connectivity index (χ1) is 14.2. The zero-order valence-corrected chi connectivity index (χ0v) is 21.3. The molecule has 0 saturated heterocycles. The van der Waals surface area contributed by atoms with Crippen molar-refractivity contribution in [2.75, 3.05) is 19.6 Å². The van der Waals surface area contributed by atoms with E-state index in [0.29, 0.717) is 0 Å². The first-order valence-corrected chi connectivity index (χ1v) is 13.9. The molecule has 29 heavy (non-hydrogen) atoms. The molecule has 1 heteroatoms. The van der Waals surface area contributed by atoms with E-state index in [9.17, 15) is 0 Å². The molecular weight excluding hydrogens is 350 g/mol. The molecule has 0 heterocycles. The van der Waals surface area contributed by atoms with E-state index < -0.39 is 0 Å². The lowest BCUT2D eigenvalue weighted by atomic mass is 10.0. The summed E-state index contributed by atoms with van der Waals surface area (Å²) in [5, 5.41) is 0. The maximum Gasteiger partial charge on any atom is -0.00187 e. The van der Waals surface area contributed by atoms with Crippen LogP contribution in [-0.4, -0.2) is 24.5 Å². The van der Waals surface area contributed by atoms with E-state index in [1.165, 1.54) is 148 Å². The Morgan fingerprint density at radius 3 is 1.07 bits per heavy atom. The quantitative estimate of drug-likeness (QED) is 0.143. The Morgan fingerprint density at radius 1 is 0.414 bits per heavy atom. The van der Waals surface area contributed by atoms with Gasteiger partial charge in [-0.25, -0.2) is 0 Å². The molecule has 0 atom stereocenters. The van der Waals surface area contributed by atoms with Crippen LogP contribution in [-0.2, 0) is 0 Å². The van der Waals surface area contributed by atoms with Gasteiger partial charge in [0.05, 0.1) is 0 Å². The van der Waals surface area contributed by atoms with Gasteiger partial charge in [-0.3, -0.25) is 0 Å². The van der Waals surface area contributed by atoms with Crippen LogP contribution in [0.1, 0.15) is 156 Å². The third kappa shape index (κ3) is 24.1. The molecule has 1 nitrogen and oxygen atoms in total.